The standard InChI is InChI=1S/C24H19N5O5S2/c30-21(15-22-28-29-24(35-22)26-23(31)17-9-3-1-4-10-17)27-25-16-18-11-7-8-14-20(18)34-36(32,33)19-12-5-2-6-13-19/h1-14,16H,15H2,(H,27,30)(H,26,29,31). The second kappa shape index (κ2) is 11.3. The normalized spacial score (nSPS) is 11.2. The van der Waals surface area contributed by atoms with Gasteiger partial charge in [0.15, 0.2) is 5.75 Å². The Bertz CT molecular complexity index is 1490. The molecule has 0 aliphatic carbocycles. The molecule has 36 heavy (non-hydrogen) atoms. The first kappa shape index (κ1) is 24.7. The predicted molar refractivity (Wildman–Crippen MR) is 134 cm³/mol. The van der Waals surface area contributed by atoms with Gasteiger partial charge in [-0.05, 0) is 36.4 Å². The Kier molecular flexibility index (Phi) is 7.78. The van der Waals surface area contributed by atoms with Gasteiger partial charge in [0.2, 0.25) is 11.0 Å². The van der Waals surface area contributed by atoms with E-state index in [1.54, 1.807) is 66.7 Å². The van der Waals surface area contributed by atoms with Gasteiger partial charge >= 0.3 is 10.1 Å². The average molecular weight is 522 g/mol. The number of hydrogen-bond donors (Lipinski definition) is 2. The molecule has 2 N–H and O–H groups in total. The highest BCUT2D eigenvalue weighted by Crippen LogP contribution is 2.22. The summed E-state index contributed by atoms with van der Waals surface area (Å²) in [7, 11) is -4.03. The van der Waals surface area contributed by atoms with Crippen LogP contribution in [0.1, 0.15) is 20.9 Å². The number of nitrogens with one attached hydrogen (secondary N) is 2. The number of nitrogens with zero attached hydrogens (tertiary/aromatic N) is 3. The van der Waals surface area contributed by atoms with Crippen LogP contribution in [0.2, 0.25) is 0 Å². The lowest BCUT2D eigenvalue weighted by molar-refractivity contribution is -0.120. The van der Waals surface area contributed by atoms with Crippen LogP contribution in [-0.4, -0.2) is 36.6 Å². The highest BCUT2D eigenvalue weighted by atomic mass is 32.2. The quantitative estimate of drug-likeness (QED) is 0.196. The van der Waals surface area contributed by atoms with Crippen LogP contribution >= 0.6 is 11.3 Å². The molecule has 2 amide bonds. The number of carbonyl (C=O) groups excluding carboxylic acids is 2. The molecule has 0 aliphatic rings. The maximum atomic E-state index is 12.5. The smallest absolute Gasteiger partial charge is 0.339 e. The minimum absolute atomic E-state index is 0.0152. The minimum atomic E-state index is -4.03. The van der Waals surface area contributed by atoms with Crippen molar-refractivity contribution >= 4 is 44.6 Å². The Morgan fingerprint density at radius 2 is 1.58 bits per heavy atom. The van der Waals surface area contributed by atoms with E-state index < -0.39 is 16.0 Å². The molecule has 3 aromatic carbocycles. The summed E-state index contributed by atoms with van der Waals surface area (Å²) in [6, 6.07) is 22.8. The SMILES string of the molecule is O=C(Cc1nnc(NC(=O)c2ccccc2)s1)NN=Cc1ccccc1OS(=O)(=O)c1ccccc1. The van der Waals surface area contributed by atoms with Crippen molar-refractivity contribution in [2.24, 2.45) is 5.10 Å². The predicted octanol–water partition coefficient (Wildman–Crippen LogP) is 3.25. The van der Waals surface area contributed by atoms with Crippen LogP contribution in [0.4, 0.5) is 5.13 Å². The first-order valence-corrected chi connectivity index (χ1v) is 12.7. The van der Waals surface area contributed by atoms with E-state index in [1.807, 2.05) is 0 Å². The van der Waals surface area contributed by atoms with Crippen molar-refractivity contribution in [1.82, 2.24) is 15.6 Å². The summed E-state index contributed by atoms with van der Waals surface area (Å²) in [4.78, 5) is 24.5. The van der Waals surface area contributed by atoms with E-state index in [1.165, 1.54) is 24.4 Å². The number of amides is 2. The molecule has 10 nitrogen and oxygen atoms in total. The van der Waals surface area contributed by atoms with Crippen molar-refractivity contribution in [2.45, 2.75) is 11.3 Å². The Morgan fingerprint density at radius 3 is 2.33 bits per heavy atom. The third-order valence-electron chi connectivity index (χ3n) is 4.58. The summed E-state index contributed by atoms with van der Waals surface area (Å²) >= 11 is 1.07. The van der Waals surface area contributed by atoms with Crippen LogP contribution in [0.15, 0.2) is 94.9 Å². The fourth-order valence-electron chi connectivity index (χ4n) is 2.90. The summed E-state index contributed by atoms with van der Waals surface area (Å²) in [6.45, 7) is 0. The zero-order valence-electron chi connectivity index (χ0n) is 18.6. The first-order chi connectivity index (χ1) is 17.4. The Balaban J connectivity index is 1.34. The molecule has 1 aromatic heterocycles. The Hall–Kier alpha value is -4.42. The van der Waals surface area contributed by atoms with Gasteiger partial charge in [-0.3, -0.25) is 14.9 Å². The molecule has 0 aliphatic heterocycles. The van der Waals surface area contributed by atoms with Crippen LogP contribution in [0.5, 0.6) is 5.75 Å². The maximum Gasteiger partial charge on any atom is 0.339 e. The summed E-state index contributed by atoms with van der Waals surface area (Å²) in [6.07, 6.45) is 1.16. The van der Waals surface area contributed by atoms with Crippen molar-refractivity contribution in [3.8, 4) is 5.75 Å². The van der Waals surface area contributed by atoms with E-state index >= 15 is 0 Å². The van der Waals surface area contributed by atoms with Gasteiger partial charge in [-0.25, -0.2) is 5.43 Å². The van der Waals surface area contributed by atoms with Gasteiger partial charge in [-0.1, -0.05) is 59.9 Å². The fourth-order valence-corrected chi connectivity index (χ4v) is 4.61. The number of hydrazone groups is 1. The summed E-state index contributed by atoms with van der Waals surface area (Å²) in [5.41, 5.74) is 3.17. The molecule has 0 unspecified atom stereocenters. The lowest BCUT2D eigenvalue weighted by atomic mass is 10.2. The summed E-state index contributed by atoms with van der Waals surface area (Å²) in [5, 5.41) is 14.9. The third kappa shape index (κ3) is 6.58. The largest absolute Gasteiger partial charge is 0.378 e. The van der Waals surface area contributed by atoms with Gasteiger partial charge in [-0.15, -0.1) is 10.2 Å². The van der Waals surface area contributed by atoms with Gasteiger partial charge in [-0.2, -0.15) is 13.5 Å². The third-order valence-corrected chi connectivity index (χ3v) is 6.67. The molecule has 1 heterocycles. The van der Waals surface area contributed by atoms with Gasteiger partial charge < -0.3 is 4.18 Å². The molecule has 0 saturated heterocycles. The van der Waals surface area contributed by atoms with Crippen molar-refractivity contribution in [2.75, 3.05) is 5.32 Å². The molecule has 12 heteroatoms. The molecule has 0 saturated carbocycles. The molecular formula is C24H19N5O5S2. The van der Waals surface area contributed by atoms with Crippen LogP contribution in [0, 0.1) is 0 Å². The second-order valence-electron chi connectivity index (χ2n) is 7.18. The number of rotatable bonds is 9. The molecular weight excluding hydrogens is 502 g/mol. The highest BCUT2D eigenvalue weighted by Gasteiger charge is 2.17. The Labute approximate surface area is 210 Å². The van der Waals surface area contributed by atoms with E-state index in [2.05, 4.69) is 26.0 Å². The second-order valence-corrected chi connectivity index (χ2v) is 9.79. The highest BCUT2D eigenvalue weighted by molar-refractivity contribution is 7.87. The molecule has 0 bridgehead atoms. The maximum absolute atomic E-state index is 12.5. The summed E-state index contributed by atoms with van der Waals surface area (Å²) in [5.74, 6) is -0.747. The van der Waals surface area contributed by atoms with Crippen molar-refractivity contribution in [3.05, 3.63) is 101 Å². The molecule has 0 fully saturated rings. The van der Waals surface area contributed by atoms with Gasteiger partial charge in [0.25, 0.3) is 5.91 Å². The topological polar surface area (TPSA) is 140 Å². The summed E-state index contributed by atoms with van der Waals surface area (Å²) < 4.78 is 30.3. The van der Waals surface area contributed by atoms with Crippen LogP contribution in [-0.2, 0) is 21.3 Å². The van der Waals surface area contributed by atoms with Crippen LogP contribution in [0.3, 0.4) is 0 Å². The fraction of sp³-hybridized carbons (Fsp3) is 0.0417. The van der Waals surface area contributed by atoms with Gasteiger partial charge in [0.05, 0.1) is 12.6 Å². The number of carbonyl (C=O) groups is 2. The van der Waals surface area contributed by atoms with E-state index in [9.17, 15) is 18.0 Å². The number of anilines is 1. The van der Waals surface area contributed by atoms with Crippen molar-refractivity contribution in [1.29, 1.82) is 0 Å². The zero-order chi connectivity index (χ0) is 25.4. The van der Waals surface area contributed by atoms with E-state index in [0.29, 0.717) is 16.1 Å². The molecule has 0 radical (unpaired) electrons. The number of para-hydroxylation sites is 1. The van der Waals surface area contributed by atoms with Crippen molar-refractivity contribution in [3.63, 3.8) is 0 Å². The molecule has 182 valence electrons. The zero-order valence-corrected chi connectivity index (χ0v) is 20.2. The lowest BCUT2D eigenvalue weighted by Crippen LogP contribution is -2.19. The van der Waals surface area contributed by atoms with E-state index in [-0.39, 0.29) is 28.1 Å². The van der Waals surface area contributed by atoms with Crippen molar-refractivity contribution < 1.29 is 22.2 Å². The first-order valence-electron chi connectivity index (χ1n) is 10.5. The van der Waals surface area contributed by atoms with E-state index in [0.717, 1.165) is 11.3 Å². The van der Waals surface area contributed by atoms with Crippen LogP contribution in [0.25, 0.3) is 0 Å². The lowest BCUT2D eigenvalue weighted by Gasteiger charge is -2.09. The molecule has 0 atom stereocenters. The number of hydrogen-bond acceptors (Lipinski definition) is 9. The monoisotopic (exact) mass is 521 g/mol. The van der Waals surface area contributed by atoms with Crippen LogP contribution < -0.4 is 14.9 Å². The average Bonchev–Trinajstić information content (AvgIpc) is 3.32. The van der Waals surface area contributed by atoms with E-state index in [4.69, 9.17) is 4.18 Å². The molecule has 4 aromatic rings. The van der Waals surface area contributed by atoms with Gasteiger partial charge in [0.1, 0.15) is 9.90 Å². The Morgan fingerprint density at radius 1 is 0.917 bits per heavy atom. The van der Waals surface area contributed by atoms with Gasteiger partial charge in [0, 0.05) is 11.1 Å². The number of aromatic nitrogens is 2. The molecule has 0 spiro atoms. The molecule has 4 rings (SSSR count). The minimum Gasteiger partial charge on any atom is -0.378 e. The number of benzene rings is 3.